The van der Waals surface area contributed by atoms with Crippen LogP contribution in [0.1, 0.15) is 30.1 Å². The fourth-order valence-electron chi connectivity index (χ4n) is 3.54. The summed E-state index contributed by atoms with van der Waals surface area (Å²) >= 11 is 12.6. The minimum Gasteiger partial charge on any atom is -0.494 e. The van der Waals surface area contributed by atoms with E-state index in [2.05, 4.69) is 24.0 Å². The second-order valence-electron chi connectivity index (χ2n) is 7.57. The number of benzene rings is 2. The van der Waals surface area contributed by atoms with Gasteiger partial charge in [0, 0.05) is 47.2 Å². The summed E-state index contributed by atoms with van der Waals surface area (Å²) in [7, 11) is 0. The molecule has 0 fully saturated rings. The Morgan fingerprint density at radius 1 is 1.21 bits per heavy atom. The van der Waals surface area contributed by atoms with E-state index in [-0.39, 0.29) is 13.0 Å². The van der Waals surface area contributed by atoms with Crippen LogP contribution in [0.4, 0.5) is 0 Å². The van der Waals surface area contributed by atoms with Crippen molar-refractivity contribution in [3.63, 3.8) is 0 Å². The van der Waals surface area contributed by atoms with Gasteiger partial charge in [-0.05, 0) is 36.4 Å². The van der Waals surface area contributed by atoms with Gasteiger partial charge in [0.25, 0.3) is 5.91 Å². The number of carbonyl (C=O) groups excluding carboxylic acids is 1. The third-order valence-electron chi connectivity index (χ3n) is 5.18. The lowest BCUT2D eigenvalue weighted by molar-refractivity contribution is -0.129. The summed E-state index contributed by atoms with van der Waals surface area (Å²) in [6.45, 7) is 8.31. The molecule has 2 aromatic carbocycles. The first-order valence-corrected chi connectivity index (χ1v) is 11.5. The Bertz CT molecular complexity index is 1060. The molecule has 9 heteroatoms. The highest BCUT2D eigenvalue weighted by Crippen LogP contribution is 2.45. The van der Waals surface area contributed by atoms with Crippen LogP contribution in [0.5, 0.6) is 5.75 Å². The molecule has 0 saturated heterocycles. The van der Waals surface area contributed by atoms with Crippen LogP contribution in [0.3, 0.4) is 0 Å². The number of hydrogen-bond acceptors (Lipinski definition) is 6. The second-order valence-corrected chi connectivity index (χ2v) is 8.42. The molecule has 0 aliphatic carbocycles. The van der Waals surface area contributed by atoms with E-state index in [9.17, 15) is 4.79 Å². The van der Waals surface area contributed by atoms with Crippen molar-refractivity contribution in [1.82, 2.24) is 10.9 Å². The van der Waals surface area contributed by atoms with Crippen molar-refractivity contribution < 1.29 is 19.4 Å². The minimum atomic E-state index is -1.36. The molecule has 0 aromatic heterocycles. The standard InChI is InChI=1S/C25H27Cl2N3O4/c1-3-12-25(24(32)30-28-13-4-2)22(20-11-8-18(26)16-21(20)27)34-23(29-25)17-6-9-19(10-7-17)33-15-5-14-31/h3-4,6-11,16,22,28,31H,1-2,5,12-15H2,(H,30,32)/t22-,25-/m0/s1. The van der Waals surface area contributed by atoms with E-state index in [1.807, 2.05) is 0 Å². The van der Waals surface area contributed by atoms with E-state index in [0.717, 1.165) is 0 Å². The van der Waals surface area contributed by atoms with E-state index >= 15 is 0 Å². The lowest BCUT2D eigenvalue weighted by atomic mass is 9.84. The van der Waals surface area contributed by atoms with Gasteiger partial charge in [-0.15, -0.1) is 13.2 Å². The number of aliphatic hydroxyl groups is 1. The van der Waals surface area contributed by atoms with Gasteiger partial charge in [-0.2, -0.15) is 0 Å². The third-order valence-corrected chi connectivity index (χ3v) is 5.74. The molecule has 7 nitrogen and oxygen atoms in total. The van der Waals surface area contributed by atoms with Gasteiger partial charge in [-0.3, -0.25) is 10.2 Å². The molecule has 180 valence electrons. The first-order chi connectivity index (χ1) is 16.4. The van der Waals surface area contributed by atoms with Crippen molar-refractivity contribution in [1.29, 1.82) is 0 Å². The Labute approximate surface area is 209 Å². The van der Waals surface area contributed by atoms with Gasteiger partial charge in [-0.25, -0.2) is 10.4 Å². The van der Waals surface area contributed by atoms with Crippen LogP contribution in [0.15, 0.2) is 72.8 Å². The topological polar surface area (TPSA) is 92.2 Å². The average Bonchev–Trinajstić information content (AvgIpc) is 3.20. The van der Waals surface area contributed by atoms with Crippen LogP contribution in [0, 0.1) is 0 Å². The molecule has 1 amide bonds. The number of rotatable bonds is 12. The minimum absolute atomic E-state index is 0.0620. The molecule has 3 N–H and O–H groups in total. The van der Waals surface area contributed by atoms with Crippen LogP contribution in [-0.4, -0.2) is 42.2 Å². The number of hydrogen-bond donors (Lipinski definition) is 3. The molecule has 0 saturated carbocycles. The van der Waals surface area contributed by atoms with Gasteiger partial charge in [-0.1, -0.05) is 41.4 Å². The van der Waals surface area contributed by atoms with Crippen molar-refractivity contribution in [3.8, 4) is 5.75 Å². The highest BCUT2D eigenvalue weighted by atomic mass is 35.5. The lowest BCUT2D eigenvalue weighted by Gasteiger charge is -2.30. The number of nitrogens with zero attached hydrogens (tertiary/aromatic N) is 1. The summed E-state index contributed by atoms with van der Waals surface area (Å²) in [4.78, 5) is 18.2. The predicted octanol–water partition coefficient (Wildman–Crippen LogP) is 4.39. The van der Waals surface area contributed by atoms with Crippen molar-refractivity contribution >= 4 is 35.0 Å². The van der Waals surface area contributed by atoms with Crippen LogP contribution >= 0.6 is 23.2 Å². The SMILES string of the molecule is C=CCNNC(=O)[C@@]1(CC=C)N=C(c2ccc(OCCCO)cc2)O[C@H]1c1ccc(Cl)cc1Cl. The fourth-order valence-corrected chi connectivity index (χ4v) is 4.05. The molecule has 34 heavy (non-hydrogen) atoms. The smallest absolute Gasteiger partial charge is 0.266 e. The zero-order chi connectivity index (χ0) is 24.6. The first-order valence-electron chi connectivity index (χ1n) is 10.8. The summed E-state index contributed by atoms with van der Waals surface area (Å²) in [6.07, 6.45) is 3.16. The zero-order valence-corrected chi connectivity index (χ0v) is 20.1. The van der Waals surface area contributed by atoms with Gasteiger partial charge in [0.05, 0.1) is 6.61 Å². The Hall–Kier alpha value is -2.84. The van der Waals surface area contributed by atoms with Crippen LogP contribution < -0.4 is 15.6 Å². The van der Waals surface area contributed by atoms with E-state index in [1.165, 1.54) is 0 Å². The summed E-state index contributed by atoms with van der Waals surface area (Å²) in [5.41, 5.74) is 5.38. The summed E-state index contributed by atoms with van der Waals surface area (Å²) in [5, 5.41) is 9.74. The van der Waals surface area contributed by atoms with Crippen LogP contribution in [0.2, 0.25) is 10.0 Å². The maximum Gasteiger partial charge on any atom is 0.266 e. The Balaban J connectivity index is 1.99. The van der Waals surface area contributed by atoms with Crippen molar-refractivity contribution in [2.45, 2.75) is 24.5 Å². The summed E-state index contributed by atoms with van der Waals surface area (Å²) in [6, 6.07) is 12.2. The molecule has 0 unspecified atom stereocenters. The summed E-state index contributed by atoms with van der Waals surface area (Å²) < 4.78 is 11.9. The van der Waals surface area contributed by atoms with Crippen molar-refractivity contribution in [2.24, 2.45) is 4.99 Å². The number of halogens is 2. The molecule has 2 atom stereocenters. The number of amides is 1. The van der Waals surface area contributed by atoms with E-state index in [4.69, 9.17) is 42.8 Å². The highest BCUT2D eigenvalue weighted by Gasteiger charge is 2.53. The molecule has 0 radical (unpaired) electrons. The summed E-state index contributed by atoms with van der Waals surface area (Å²) in [5.74, 6) is 0.541. The molecule has 3 rings (SSSR count). The molecular formula is C25H27Cl2N3O4. The Kier molecular flexibility index (Phi) is 9.12. The van der Waals surface area contributed by atoms with Gasteiger partial charge in [0.15, 0.2) is 11.6 Å². The largest absolute Gasteiger partial charge is 0.494 e. The van der Waals surface area contributed by atoms with Gasteiger partial charge in [0.2, 0.25) is 5.90 Å². The number of hydrazine groups is 1. The molecule has 0 bridgehead atoms. The second kappa shape index (κ2) is 12.0. The van der Waals surface area contributed by atoms with E-state index < -0.39 is 17.6 Å². The maximum atomic E-state index is 13.4. The van der Waals surface area contributed by atoms with Crippen LogP contribution in [-0.2, 0) is 9.53 Å². The van der Waals surface area contributed by atoms with Gasteiger partial charge < -0.3 is 14.6 Å². The van der Waals surface area contributed by atoms with Gasteiger partial charge in [0.1, 0.15) is 5.75 Å². The van der Waals surface area contributed by atoms with E-state index in [1.54, 1.807) is 54.6 Å². The molecular weight excluding hydrogens is 477 g/mol. The lowest BCUT2D eigenvalue weighted by Crippen LogP contribution is -2.52. The Morgan fingerprint density at radius 3 is 2.62 bits per heavy atom. The first kappa shape index (κ1) is 25.8. The fraction of sp³-hybridized carbons (Fsp3) is 0.280. The third kappa shape index (κ3) is 5.80. The average molecular weight is 504 g/mol. The molecule has 0 spiro atoms. The molecule has 1 heterocycles. The zero-order valence-electron chi connectivity index (χ0n) is 18.6. The monoisotopic (exact) mass is 503 g/mol. The molecule has 2 aromatic rings. The van der Waals surface area contributed by atoms with Gasteiger partial charge >= 0.3 is 0 Å². The quantitative estimate of drug-likeness (QED) is 0.227. The number of carbonyl (C=O) groups is 1. The van der Waals surface area contributed by atoms with Crippen LogP contribution in [0.25, 0.3) is 0 Å². The Morgan fingerprint density at radius 2 is 1.97 bits per heavy atom. The molecule has 1 aliphatic heterocycles. The van der Waals surface area contributed by atoms with Crippen molar-refractivity contribution in [2.75, 3.05) is 19.8 Å². The number of nitrogens with one attached hydrogen (secondary N) is 2. The normalized spacial score (nSPS) is 19.1. The predicted molar refractivity (Wildman–Crippen MR) is 134 cm³/mol. The van der Waals surface area contributed by atoms with E-state index in [0.29, 0.717) is 52.4 Å². The number of ether oxygens (including phenoxy) is 2. The van der Waals surface area contributed by atoms with Crippen molar-refractivity contribution in [3.05, 3.63) is 88.9 Å². The highest BCUT2D eigenvalue weighted by molar-refractivity contribution is 6.35. The number of aliphatic hydroxyl groups excluding tert-OH is 1. The maximum absolute atomic E-state index is 13.4. The number of aliphatic imine (C=N–C) groups is 1. The molecule has 1 aliphatic rings.